The number of hydrogen-bond donors (Lipinski definition) is 0. The number of aromatic nitrogens is 15. The summed E-state index contributed by atoms with van der Waals surface area (Å²) >= 11 is 1.86. The van der Waals surface area contributed by atoms with Crippen LogP contribution in [0.2, 0.25) is 0 Å². The van der Waals surface area contributed by atoms with E-state index in [1.165, 1.54) is 56.5 Å². The second-order valence-corrected chi connectivity index (χ2v) is 43.7. The van der Waals surface area contributed by atoms with Gasteiger partial charge in [0.25, 0.3) is 0 Å². The van der Waals surface area contributed by atoms with E-state index in [0.29, 0.717) is 11.6 Å². The molecule has 0 N–H and O–H groups in total. The van der Waals surface area contributed by atoms with E-state index in [1.54, 1.807) is 0 Å². The molecular weight excluding hydrogens is 1690 g/mol. The number of benzene rings is 17. The summed E-state index contributed by atoms with van der Waals surface area (Å²) in [6.07, 6.45) is 0. The van der Waals surface area contributed by atoms with Crippen molar-refractivity contribution < 1.29 is 0 Å². The van der Waals surface area contributed by atoms with Crippen molar-refractivity contribution in [1.29, 1.82) is 0 Å². The zero-order valence-electron chi connectivity index (χ0n) is 71.8. The van der Waals surface area contributed by atoms with Crippen molar-refractivity contribution >= 4 is 222 Å². The van der Waals surface area contributed by atoms with Crippen LogP contribution in [-0.2, 0) is 0 Å². The number of para-hydroxylation sites is 14. The molecule has 12 aromatic heterocycles. The largest absolute Gasteiger partial charge is 0.294 e. The predicted molar refractivity (Wildman–Crippen MR) is 554 cm³/mol. The second kappa shape index (κ2) is 28.5. The Balaban J connectivity index is 0.641. The molecule has 0 bridgehead atoms. The monoisotopic (exact) mass is 1760 g/mol. The maximum atomic E-state index is 6.08. The van der Waals surface area contributed by atoms with Crippen molar-refractivity contribution in [2.45, 2.75) is 0 Å². The van der Waals surface area contributed by atoms with E-state index < -0.39 is 16.1 Å². The number of imidazole rings is 8. The predicted octanol–water partition coefficient (Wildman–Crippen LogP) is 21.3. The summed E-state index contributed by atoms with van der Waals surface area (Å²) in [5, 5.41) is 14.5. The molecule has 134 heavy (non-hydrogen) atoms. The van der Waals surface area contributed by atoms with Crippen molar-refractivity contribution in [3.05, 3.63) is 443 Å². The first-order chi connectivity index (χ1) is 66.4. The third kappa shape index (κ3) is 10.5. The summed E-state index contributed by atoms with van der Waals surface area (Å²) in [6.45, 7) is 0. The smallest absolute Gasteiger partial charge is 0.221 e. The van der Waals surface area contributed by atoms with Gasteiger partial charge in [0.05, 0.1) is 99.3 Å². The summed E-state index contributed by atoms with van der Waals surface area (Å²) < 4.78 is 23.4. The van der Waals surface area contributed by atoms with Gasteiger partial charge in [-0.1, -0.05) is 285 Å². The Morgan fingerprint density at radius 2 is 0.507 bits per heavy atom. The lowest BCUT2D eigenvalue weighted by Crippen LogP contribution is -2.75. The molecule has 0 spiro atoms. The number of rotatable bonds is 14. The number of hydrogen-bond acceptors (Lipinski definition) is 7. The zero-order chi connectivity index (χ0) is 87.6. The zero-order valence-corrected chi connectivity index (χ0v) is 74.6. The van der Waals surface area contributed by atoms with Crippen LogP contribution in [0.25, 0.3) is 193 Å². The normalized spacial score (nSPS) is 12.5. The van der Waals surface area contributed by atoms with E-state index in [0.717, 1.165) is 167 Å². The Labute approximate surface area is 770 Å². The van der Waals surface area contributed by atoms with E-state index in [9.17, 15) is 0 Å². The molecule has 29 rings (SSSR count). The Hall–Kier alpha value is -17.4. The van der Waals surface area contributed by atoms with Crippen LogP contribution >= 0.6 is 11.3 Å². The molecule has 15 nitrogen and oxygen atoms in total. The fourth-order valence-corrected chi connectivity index (χ4v) is 33.1. The Morgan fingerprint density at radius 3 is 0.993 bits per heavy atom. The third-order valence-corrected chi connectivity index (χ3v) is 38.7. The second-order valence-electron chi connectivity index (χ2n) is 35.0. The minimum Gasteiger partial charge on any atom is -0.294 e. The molecule has 0 amide bonds. The van der Waals surface area contributed by atoms with E-state index in [2.05, 4.69) is 483 Å². The molecule has 0 saturated heterocycles. The minimum atomic E-state index is -3.60. The molecule has 0 aliphatic carbocycles. The molecule has 0 fully saturated rings. The van der Waals surface area contributed by atoms with Crippen LogP contribution in [0.15, 0.2) is 443 Å². The number of fused-ring (bicyclic) bond motifs is 26. The molecule has 0 saturated carbocycles. The Morgan fingerprint density at radius 1 is 0.172 bits per heavy atom. The van der Waals surface area contributed by atoms with Gasteiger partial charge in [-0.15, -0.1) is 11.3 Å². The molecule has 18 heteroatoms. The maximum Gasteiger partial charge on any atom is 0.221 e. The lowest BCUT2D eigenvalue weighted by atomic mass is 10.0. The summed E-state index contributed by atoms with van der Waals surface area (Å²) in [7, 11) is -6.98. The molecule has 12 heterocycles. The summed E-state index contributed by atoms with van der Waals surface area (Å²) in [6, 6.07) is 163. The van der Waals surface area contributed by atoms with Crippen molar-refractivity contribution in [3.63, 3.8) is 0 Å². The first-order valence-corrected chi connectivity index (χ1v) is 50.1. The highest BCUT2D eigenvalue weighted by Crippen LogP contribution is 2.41. The van der Waals surface area contributed by atoms with E-state index in [-0.39, 0.29) is 0 Å². The van der Waals surface area contributed by atoms with Crippen LogP contribution in [0.4, 0.5) is 0 Å². The lowest BCUT2D eigenvalue weighted by Gasteiger charge is -2.35. The van der Waals surface area contributed by atoms with Crippen LogP contribution in [-0.4, -0.2) is 86.5 Å². The van der Waals surface area contributed by atoms with E-state index in [1.807, 2.05) is 11.3 Å². The average Bonchev–Trinajstić information content (AvgIpc) is 1.26. The molecule has 0 unspecified atom stereocenters. The SMILES string of the molecule is c1ccc([Si](c2ccccc2)(c2cccc(-n3c4ccccc4n4c5ccccc5nc34)c2)c2cc(-n3c4ccccc4n4c5ccccc5nc34)nc(-n3c4ccccc4n4c5ccc(-c6ccc7nc8n(-c9cc([Si](c%10ccccc%10)(c%10ccccc%10)c%10ccc%11sc%12ccccc%12c%11c%10)cc(-n%10c%11ccccc%11c%11ccccc%11%10)n9)c9ccccc9n8c7c6)cc5nc34)c2)cc1. The van der Waals surface area contributed by atoms with Gasteiger partial charge in [-0.25, -0.2) is 29.9 Å². The fraction of sp³-hybridized carbons (Fsp3) is 0. The van der Waals surface area contributed by atoms with E-state index in [4.69, 9.17) is 29.9 Å². The maximum absolute atomic E-state index is 6.08. The molecule has 0 aliphatic heterocycles. The highest BCUT2D eigenvalue weighted by molar-refractivity contribution is 7.26. The lowest BCUT2D eigenvalue weighted by molar-refractivity contribution is 0.985. The van der Waals surface area contributed by atoms with Crippen LogP contribution in [0.3, 0.4) is 0 Å². The molecule has 0 aliphatic rings. The number of pyridine rings is 2. The minimum absolute atomic E-state index is 0.700. The topological polar surface area (TPSA) is 120 Å². The fourth-order valence-electron chi connectivity index (χ4n) is 22.5. The highest BCUT2D eigenvalue weighted by atomic mass is 32.1. The Kier molecular flexibility index (Phi) is 15.9. The van der Waals surface area contributed by atoms with Gasteiger partial charge in [0, 0.05) is 36.6 Å². The summed E-state index contributed by atoms with van der Waals surface area (Å²) in [5.74, 6) is 6.05. The van der Waals surface area contributed by atoms with Gasteiger partial charge < -0.3 is 0 Å². The average molecular weight is 1770 g/mol. The van der Waals surface area contributed by atoms with Gasteiger partial charge in [-0.2, -0.15) is 0 Å². The third-order valence-electron chi connectivity index (χ3n) is 28.1. The standard InChI is InChI=1S/C116H73N15SSi2/c1-5-33-77(34-6-1)133(78-35-7-2-8-36-78,81-41-31-32-76(68-81)123-98-51-22-23-52-99(98)125-95-49-20-16-45-89(95)117-113(123)125)84-72-111(129-103-56-27-24-53-100(103)126-96-50-21-17-46-90(96)118-114(126)129)122-112(73-84)131-104-57-28-25-54-101(104)127-97-64-61-74(66-92(97)120-116(127)131)75-60-63-91-106(67-75)128-102-55-26-29-58-105(102)130(115(128)119-91)110-71-83(70-109(121-110)124-93-47-18-13-42-85(93)86-43-14-19-48-94(86)124)134(79-37-9-3-10-38-79,80-39-11-4-12-40-80)82-62-65-108-88(69-82)87-44-15-30-59-107(87)132-108/h1-73H. The van der Waals surface area contributed by atoms with Crippen LogP contribution in [0, 0.1) is 0 Å². The van der Waals surface area contributed by atoms with Crippen LogP contribution < -0.4 is 41.5 Å². The van der Waals surface area contributed by atoms with E-state index >= 15 is 0 Å². The van der Waals surface area contributed by atoms with Crippen molar-refractivity contribution in [1.82, 2.24) is 70.3 Å². The summed E-state index contributed by atoms with van der Waals surface area (Å²) in [5.41, 5.74) is 20.7. The highest BCUT2D eigenvalue weighted by Gasteiger charge is 2.46. The Bertz CT molecular complexity index is 9830. The molecule has 29 aromatic rings. The molecular formula is C116H73N15SSi2. The molecule has 0 atom stereocenters. The van der Waals surface area contributed by atoms with Gasteiger partial charge in [-0.05, 0) is 210 Å². The molecule has 17 aromatic carbocycles. The van der Waals surface area contributed by atoms with Crippen LogP contribution in [0.5, 0.6) is 0 Å². The van der Waals surface area contributed by atoms with Crippen molar-refractivity contribution in [3.8, 4) is 40.1 Å². The number of nitrogens with zero attached hydrogens (tertiary/aromatic N) is 15. The summed E-state index contributed by atoms with van der Waals surface area (Å²) in [4.78, 5) is 34.7. The van der Waals surface area contributed by atoms with Crippen LogP contribution in [0.1, 0.15) is 0 Å². The molecule has 626 valence electrons. The first-order valence-electron chi connectivity index (χ1n) is 45.3. The molecule has 0 radical (unpaired) electrons. The van der Waals surface area contributed by atoms with Gasteiger partial charge in [0.15, 0.2) is 16.1 Å². The first kappa shape index (κ1) is 74.5. The van der Waals surface area contributed by atoms with Gasteiger partial charge in [0.1, 0.15) is 23.3 Å². The van der Waals surface area contributed by atoms with Crippen molar-refractivity contribution in [2.75, 3.05) is 0 Å². The number of thiophene rings is 1. The van der Waals surface area contributed by atoms with Gasteiger partial charge >= 0.3 is 0 Å². The quantitative estimate of drug-likeness (QED) is 0.0790. The van der Waals surface area contributed by atoms with Gasteiger partial charge in [0.2, 0.25) is 23.1 Å². The van der Waals surface area contributed by atoms with Crippen molar-refractivity contribution in [2.24, 2.45) is 0 Å². The van der Waals surface area contributed by atoms with Gasteiger partial charge in [-0.3, -0.25) is 40.4 Å².